The first-order valence-electron chi connectivity index (χ1n) is 12.0. The van der Waals surface area contributed by atoms with Crippen LogP contribution in [-0.2, 0) is 0 Å². The van der Waals surface area contributed by atoms with Gasteiger partial charge in [-0.2, -0.15) is 13.2 Å². The first-order chi connectivity index (χ1) is 13.6. The molecule has 5 heteroatoms. The van der Waals surface area contributed by atoms with Crippen molar-refractivity contribution in [1.29, 1.82) is 0 Å². The van der Waals surface area contributed by atoms with Crippen LogP contribution in [0.1, 0.15) is 90.9 Å². The van der Waals surface area contributed by atoms with Crippen molar-refractivity contribution in [2.24, 2.45) is 40.4 Å². The van der Waals surface area contributed by atoms with Crippen LogP contribution in [0.25, 0.3) is 0 Å². The van der Waals surface area contributed by atoms with Crippen LogP contribution in [0.15, 0.2) is 0 Å². The van der Waals surface area contributed by atoms with E-state index in [2.05, 4.69) is 13.8 Å². The van der Waals surface area contributed by atoms with Crippen molar-refractivity contribution in [3.63, 3.8) is 0 Å². The highest BCUT2D eigenvalue weighted by Crippen LogP contribution is 2.67. The first kappa shape index (κ1) is 21.9. The molecule has 4 saturated carbocycles. The lowest BCUT2D eigenvalue weighted by molar-refractivity contribution is -0.205. The summed E-state index contributed by atoms with van der Waals surface area (Å²) in [5.41, 5.74) is 0.639. The second-order valence-electron chi connectivity index (χ2n) is 11.4. The summed E-state index contributed by atoms with van der Waals surface area (Å²) in [7, 11) is 0. The zero-order chi connectivity index (χ0) is 21.0. The van der Waals surface area contributed by atoms with Gasteiger partial charge in [-0.15, -0.1) is 0 Å². The maximum absolute atomic E-state index is 12.6. The Kier molecular flexibility index (Phi) is 5.81. The van der Waals surface area contributed by atoms with Crippen LogP contribution in [0.2, 0.25) is 0 Å². The van der Waals surface area contributed by atoms with Crippen molar-refractivity contribution in [2.75, 3.05) is 0 Å². The Labute approximate surface area is 173 Å². The number of hydrogen-bond donors (Lipinski definition) is 2. The zero-order valence-electron chi connectivity index (χ0n) is 18.1. The summed E-state index contributed by atoms with van der Waals surface area (Å²) in [5.74, 6) is 3.41. The lowest BCUT2D eigenvalue weighted by Crippen LogP contribution is -2.53. The van der Waals surface area contributed by atoms with E-state index in [1.54, 1.807) is 0 Å². The molecule has 2 N–H and O–H groups in total. The monoisotopic (exact) mass is 416 g/mol. The van der Waals surface area contributed by atoms with E-state index >= 15 is 0 Å². The largest absolute Gasteiger partial charge is 0.414 e. The van der Waals surface area contributed by atoms with Crippen LogP contribution in [0.5, 0.6) is 0 Å². The quantitative estimate of drug-likeness (QED) is 0.581. The lowest BCUT2D eigenvalue weighted by Gasteiger charge is -2.61. The number of fused-ring (bicyclic) bond motifs is 5. The number of aliphatic hydroxyl groups excluding tert-OH is 2. The number of alkyl halides is 3. The van der Waals surface area contributed by atoms with Gasteiger partial charge < -0.3 is 10.2 Å². The molecule has 9 atom stereocenters. The maximum Gasteiger partial charge on any atom is 0.414 e. The number of rotatable bonds is 4. The van der Waals surface area contributed by atoms with Crippen LogP contribution >= 0.6 is 0 Å². The molecule has 4 fully saturated rings. The van der Waals surface area contributed by atoms with E-state index in [9.17, 15) is 23.4 Å². The molecular formula is C24H39F3O2. The zero-order valence-corrected chi connectivity index (χ0v) is 18.1. The van der Waals surface area contributed by atoms with Crippen LogP contribution in [0.4, 0.5) is 13.2 Å². The van der Waals surface area contributed by atoms with Gasteiger partial charge in [-0.25, -0.2) is 0 Å². The smallest absolute Gasteiger partial charge is 0.393 e. The van der Waals surface area contributed by atoms with Crippen LogP contribution in [-0.4, -0.2) is 28.6 Å². The van der Waals surface area contributed by atoms with E-state index in [0.717, 1.165) is 43.9 Å². The third kappa shape index (κ3) is 3.77. The lowest BCUT2D eigenvalue weighted by atomic mass is 9.44. The molecule has 0 saturated heterocycles. The molecule has 8 unspecified atom stereocenters. The van der Waals surface area contributed by atoms with E-state index < -0.39 is 12.3 Å². The molecule has 0 aromatic carbocycles. The topological polar surface area (TPSA) is 40.5 Å². The summed E-state index contributed by atoms with van der Waals surface area (Å²) in [6.45, 7) is 4.92. The van der Waals surface area contributed by atoms with E-state index in [1.165, 1.54) is 32.1 Å². The molecule has 0 radical (unpaired) electrons. The van der Waals surface area contributed by atoms with Gasteiger partial charge in [0.05, 0.1) is 6.10 Å². The molecule has 4 aliphatic rings. The molecule has 0 amide bonds. The molecule has 0 heterocycles. The summed E-state index contributed by atoms with van der Waals surface area (Å²) >= 11 is 0. The summed E-state index contributed by atoms with van der Waals surface area (Å²) in [4.78, 5) is 0. The van der Waals surface area contributed by atoms with Crippen molar-refractivity contribution in [2.45, 2.75) is 109 Å². The van der Waals surface area contributed by atoms with Crippen molar-refractivity contribution in [3.05, 3.63) is 0 Å². The Hall–Kier alpha value is -0.290. The standard InChI is InChI=1S/C24H39F3O2/c1-22-13-11-20-18(8-6-16-14-17(28)10-12-23(16,20)2)19(22)9-7-15(22)4-3-5-21(29)24(25,26)27/h15-21,28-29H,3-14H2,1-2H3/t15?,16?,17?,18?,19-,20?,21?,22?,23?/m0/s1. The highest BCUT2D eigenvalue weighted by Gasteiger charge is 2.59. The molecule has 2 nitrogen and oxygen atoms in total. The van der Waals surface area contributed by atoms with Gasteiger partial charge in [0.15, 0.2) is 0 Å². The molecule has 4 aliphatic carbocycles. The Morgan fingerprint density at radius 2 is 1.62 bits per heavy atom. The van der Waals surface area contributed by atoms with E-state index in [4.69, 9.17) is 0 Å². The second kappa shape index (κ2) is 7.69. The van der Waals surface area contributed by atoms with E-state index in [-0.39, 0.29) is 17.9 Å². The molecule has 0 aromatic rings. The van der Waals surface area contributed by atoms with Crippen molar-refractivity contribution >= 4 is 0 Å². The van der Waals surface area contributed by atoms with Gasteiger partial charge in [0, 0.05) is 0 Å². The third-order valence-corrected chi connectivity index (χ3v) is 10.2. The van der Waals surface area contributed by atoms with Gasteiger partial charge in [0.2, 0.25) is 0 Å². The Bertz CT molecular complexity index is 593. The average molecular weight is 417 g/mol. The summed E-state index contributed by atoms with van der Waals surface area (Å²) in [6, 6.07) is 0. The van der Waals surface area contributed by atoms with Gasteiger partial charge in [-0.05, 0) is 111 Å². The summed E-state index contributed by atoms with van der Waals surface area (Å²) in [6.07, 6.45) is 4.80. The highest BCUT2D eigenvalue weighted by atomic mass is 19.4. The highest BCUT2D eigenvalue weighted by molar-refractivity contribution is 5.09. The SMILES string of the molecule is CC12CCC(O)CC1CCC1C2CCC2(C)C(CCCC(O)C(F)(F)F)CC[C@@H]12. The van der Waals surface area contributed by atoms with Gasteiger partial charge in [0.25, 0.3) is 0 Å². The minimum Gasteiger partial charge on any atom is -0.393 e. The molecule has 0 bridgehead atoms. The fourth-order valence-corrected chi connectivity index (χ4v) is 8.54. The van der Waals surface area contributed by atoms with Crippen LogP contribution in [0, 0.1) is 40.4 Å². The van der Waals surface area contributed by atoms with E-state index in [1.807, 2.05) is 0 Å². The second-order valence-corrected chi connectivity index (χ2v) is 11.4. The minimum atomic E-state index is -4.48. The Morgan fingerprint density at radius 1 is 0.931 bits per heavy atom. The van der Waals surface area contributed by atoms with Crippen molar-refractivity contribution < 1.29 is 23.4 Å². The summed E-state index contributed by atoms with van der Waals surface area (Å²) < 4.78 is 37.8. The van der Waals surface area contributed by atoms with Crippen molar-refractivity contribution in [1.82, 2.24) is 0 Å². The van der Waals surface area contributed by atoms with Gasteiger partial charge >= 0.3 is 6.18 Å². The van der Waals surface area contributed by atoms with Crippen LogP contribution in [0.3, 0.4) is 0 Å². The predicted molar refractivity (Wildman–Crippen MR) is 107 cm³/mol. The number of aliphatic hydroxyl groups is 2. The van der Waals surface area contributed by atoms with Crippen LogP contribution < -0.4 is 0 Å². The van der Waals surface area contributed by atoms with E-state index in [0.29, 0.717) is 29.6 Å². The Balaban J connectivity index is 1.41. The maximum atomic E-state index is 12.6. The molecule has 29 heavy (non-hydrogen) atoms. The molecule has 0 aromatic heterocycles. The minimum absolute atomic E-state index is 0.110. The number of hydrogen-bond acceptors (Lipinski definition) is 2. The number of halogens is 3. The fraction of sp³-hybridized carbons (Fsp3) is 1.00. The van der Waals surface area contributed by atoms with Crippen molar-refractivity contribution in [3.8, 4) is 0 Å². The predicted octanol–water partition coefficient (Wildman–Crippen LogP) is 6.10. The average Bonchev–Trinajstić information content (AvgIpc) is 2.98. The summed E-state index contributed by atoms with van der Waals surface area (Å²) in [5, 5.41) is 19.5. The van der Waals surface area contributed by atoms with Gasteiger partial charge in [-0.3, -0.25) is 0 Å². The molecule has 4 rings (SSSR count). The fourth-order valence-electron chi connectivity index (χ4n) is 8.54. The normalized spacial score (nSPS) is 48.5. The molecule has 0 aliphatic heterocycles. The first-order valence-corrected chi connectivity index (χ1v) is 12.0. The van der Waals surface area contributed by atoms with Gasteiger partial charge in [-0.1, -0.05) is 20.3 Å². The van der Waals surface area contributed by atoms with Gasteiger partial charge in [0.1, 0.15) is 6.10 Å². The molecule has 168 valence electrons. The third-order valence-electron chi connectivity index (χ3n) is 10.2. The molecular weight excluding hydrogens is 377 g/mol. The molecule has 0 spiro atoms. The Morgan fingerprint density at radius 3 is 2.34 bits per heavy atom.